The van der Waals surface area contributed by atoms with Crippen molar-refractivity contribution in [3.8, 4) is 0 Å². The van der Waals surface area contributed by atoms with Crippen LogP contribution < -0.4 is 5.32 Å². The number of esters is 1. The maximum Gasteiger partial charge on any atom is 0.338 e. The van der Waals surface area contributed by atoms with Crippen LogP contribution in [0.3, 0.4) is 0 Å². The molecule has 1 saturated carbocycles. The van der Waals surface area contributed by atoms with E-state index < -0.39 is 0 Å². The van der Waals surface area contributed by atoms with E-state index in [0.29, 0.717) is 43.4 Å². The van der Waals surface area contributed by atoms with E-state index in [2.05, 4.69) is 66.8 Å². The third kappa shape index (κ3) is 7.53. The molecule has 6 heteroatoms. The van der Waals surface area contributed by atoms with Gasteiger partial charge in [0.1, 0.15) is 6.61 Å². The van der Waals surface area contributed by atoms with Crippen molar-refractivity contribution in [3.05, 3.63) is 83.4 Å². The highest BCUT2D eigenvalue weighted by Gasteiger charge is 2.25. The van der Waals surface area contributed by atoms with Gasteiger partial charge in [0.15, 0.2) is 0 Å². The number of ether oxygens (including phenoxy) is 3. The molecule has 1 aliphatic carbocycles. The smallest absolute Gasteiger partial charge is 0.338 e. The molecule has 3 aromatic carbocycles. The molecular formula is C30H38ClNO4. The minimum Gasteiger partial charge on any atom is -0.460 e. The normalized spacial score (nSPS) is 18.4. The second-order valence-corrected chi connectivity index (χ2v) is 9.38. The van der Waals surface area contributed by atoms with Crippen molar-refractivity contribution >= 4 is 29.1 Å². The number of carbonyl (C=O) groups is 1. The zero-order valence-electron chi connectivity index (χ0n) is 21.3. The second kappa shape index (κ2) is 14.3. The van der Waals surface area contributed by atoms with Gasteiger partial charge in [-0.25, -0.2) is 4.79 Å². The number of nitrogens with one attached hydrogen (secondary N) is 1. The molecule has 0 spiro atoms. The summed E-state index contributed by atoms with van der Waals surface area (Å²) >= 11 is 0. The molecule has 0 aromatic heterocycles. The lowest BCUT2D eigenvalue weighted by Gasteiger charge is -2.32. The van der Waals surface area contributed by atoms with Crippen LogP contribution in [0.2, 0.25) is 0 Å². The van der Waals surface area contributed by atoms with E-state index in [-0.39, 0.29) is 25.0 Å². The molecule has 194 valence electrons. The Kier molecular flexibility index (Phi) is 11.2. The van der Waals surface area contributed by atoms with E-state index in [1.165, 1.54) is 41.2 Å². The van der Waals surface area contributed by atoms with Gasteiger partial charge in [0.05, 0.1) is 25.4 Å². The van der Waals surface area contributed by atoms with Crippen LogP contribution in [0.4, 0.5) is 0 Å². The molecule has 1 aliphatic rings. The first-order valence-corrected chi connectivity index (χ1v) is 12.7. The molecule has 0 radical (unpaired) electrons. The van der Waals surface area contributed by atoms with Gasteiger partial charge in [-0.1, -0.05) is 61.0 Å². The first-order valence-electron chi connectivity index (χ1n) is 12.7. The highest BCUT2D eigenvalue weighted by atomic mass is 35.5. The molecule has 4 rings (SSSR count). The van der Waals surface area contributed by atoms with E-state index in [0.717, 1.165) is 6.42 Å². The van der Waals surface area contributed by atoms with Crippen LogP contribution >= 0.6 is 12.4 Å². The zero-order valence-corrected chi connectivity index (χ0v) is 22.1. The summed E-state index contributed by atoms with van der Waals surface area (Å²) in [7, 11) is 1.63. The molecule has 5 nitrogen and oxygen atoms in total. The van der Waals surface area contributed by atoms with Gasteiger partial charge in [0, 0.05) is 19.2 Å². The molecule has 0 heterocycles. The maximum absolute atomic E-state index is 12.3. The average molecular weight is 512 g/mol. The van der Waals surface area contributed by atoms with Crippen LogP contribution in [0, 0.1) is 0 Å². The zero-order chi connectivity index (χ0) is 24.5. The predicted molar refractivity (Wildman–Crippen MR) is 147 cm³/mol. The molecule has 3 aromatic rings. The summed E-state index contributed by atoms with van der Waals surface area (Å²) in [4.78, 5) is 12.3. The number of halogens is 1. The first-order chi connectivity index (χ1) is 17.2. The van der Waals surface area contributed by atoms with Gasteiger partial charge in [0.2, 0.25) is 0 Å². The van der Waals surface area contributed by atoms with Crippen LogP contribution in [0.15, 0.2) is 66.7 Å². The summed E-state index contributed by atoms with van der Waals surface area (Å²) in [6.45, 7) is 3.93. The van der Waals surface area contributed by atoms with Crippen molar-refractivity contribution in [2.45, 2.75) is 50.6 Å². The Morgan fingerprint density at radius 1 is 0.944 bits per heavy atom. The van der Waals surface area contributed by atoms with Crippen molar-refractivity contribution in [2.24, 2.45) is 0 Å². The standard InChI is InChI=1S/C30H37NO4.ClH/c1-22(28-12-6-8-24-7-3-4-11-29(24)28)31-27-10-5-9-26(21-27)23-13-15-25(16-14-23)30(32)35-20-19-34-18-17-33-2;/h3-4,6-8,11-16,22,26-27,31H,5,9-10,17-21H2,1-2H3;1H/t22-,26+,27+;/m1./s1. The Hall–Kier alpha value is -2.44. The lowest BCUT2D eigenvalue weighted by molar-refractivity contribution is 0.0213. The molecule has 36 heavy (non-hydrogen) atoms. The van der Waals surface area contributed by atoms with Gasteiger partial charge in [-0.15, -0.1) is 12.4 Å². The van der Waals surface area contributed by atoms with E-state index in [1.807, 2.05) is 12.1 Å². The molecule has 0 amide bonds. The third-order valence-corrected chi connectivity index (χ3v) is 6.96. The third-order valence-electron chi connectivity index (χ3n) is 6.96. The summed E-state index contributed by atoms with van der Waals surface area (Å²) in [5.74, 6) is 0.194. The molecule has 1 fully saturated rings. The molecule has 0 saturated heterocycles. The van der Waals surface area contributed by atoms with E-state index >= 15 is 0 Å². The van der Waals surface area contributed by atoms with E-state index in [1.54, 1.807) is 7.11 Å². The summed E-state index contributed by atoms with van der Waals surface area (Å²) in [5.41, 5.74) is 3.24. The van der Waals surface area contributed by atoms with Crippen LogP contribution in [0.5, 0.6) is 0 Å². The topological polar surface area (TPSA) is 56.8 Å². The van der Waals surface area contributed by atoms with Crippen LogP contribution in [-0.2, 0) is 14.2 Å². The van der Waals surface area contributed by atoms with Gasteiger partial charge in [-0.05, 0) is 66.1 Å². The number of hydrogen-bond donors (Lipinski definition) is 1. The Labute approximate surface area is 220 Å². The Morgan fingerprint density at radius 3 is 2.50 bits per heavy atom. The average Bonchev–Trinajstić information content (AvgIpc) is 2.90. The molecule has 0 aliphatic heterocycles. The van der Waals surface area contributed by atoms with Crippen molar-refractivity contribution in [1.29, 1.82) is 0 Å². The molecular weight excluding hydrogens is 474 g/mol. The number of fused-ring (bicyclic) bond motifs is 1. The number of rotatable bonds is 11. The lowest BCUT2D eigenvalue weighted by atomic mass is 9.81. The number of methoxy groups -OCH3 is 1. The largest absolute Gasteiger partial charge is 0.460 e. The number of benzene rings is 3. The summed E-state index contributed by atoms with van der Waals surface area (Å²) in [6.07, 6.45) is 4.70. The van der Waals surface area contributed by atoms with E-state index in [9.17, 15) is 4.79 Å². The number of hydrogen-bond acceptors (Lipinski definition) is 5. The van der Waals surface area contributed by atoms with E-state index in [4.69, 9.17) is 14.2 Å². The first kappa shape index (κ1) is 28.1. The van der Waals surface area contributed by atoms with Crippen molar-refractivity contribution in [3.63, 3.8) is 0 Å². The fourth-order valence-corrected chi connectivity index (χ4v) is 5.13. The molecule has 0 bridgehead atoms. The Balaban J connectivity index is 0.00000361. The fourth-order valence-electron chi connectivity index (χ4n) is 5.13. The highest BCUT2D eigenvalue weighted by molar-refractivity contribution is 5.89. The maximum atomic E-state index is 12.3. The minimum atomic E-state index is -0.306. The van der Waals surface area contributed by atoms with Gasteiger partial charge in [-0.2, -0.15) is 0 Å². The monoisotopic (exact) mass is 511 g/mol. The van der Waals surface area contributed by atoms with Crippen molar-refractivity contribution in [2.75, 3.05) is 33.5 Å². The van der Waals surface area contributed by atoms with Crippen LogP contribution in [0.25, 0.3) is 10.8 Å². The van der Waals surface area contributed by atoms with Crippen LogP contribution in [0.1, 0.15) is 66.1 Å². The summed E-state index contributed by atoms with van der Waals surface area (Å²) in [6, 6.07) is 23.9. The van der Waals surface area contributed by atoms with Crippen LogP contribution in [-0.4, -0.2) is 45.5 Å². The van der Waals surface area contributed by atoms with Crippen molar-refractivity contribution in [1.82, 2.24) is 5.32 Å². The summed E-state index contributed by atoms with van der Waals surface area (Å²) in [5, 5.41) is 6.52. The quantitative estimate of drug-likeness (QED) is 0.236. The summed E-state index contributed by atoms with van der Waals surface area (Å²) < 4.78 is 15.6. The van der Waals surface area contributed by atoms with Gasteiger partial charge in [0.25, 0.3) is 0 Å². The fraction of sp³-hybridized carbons (Fsp3) is 0.433. The lowest BCUT2D eigenvalue weighted by Crippen LogP contribution is -2.35. The Bertz CT molecular complexity index is 1080. The highest BCUT2D eigenvalue weighted by Crippen LogP contribution is 2.34. The van der Waals surface area contributed by atoms with Crippen molar-refractivity contribution < 1.29 is 19.0 Å². The molecule has 1 N–H and O–H groups in total. The molecule has 3 atom stereocenters. The molecule has 0 unspecified atom stereocenters. The number of carbonyl (C=O) groups excluding carboxylic acids is 1. The van der Waals surface area contributed by atoms with Gasteiger partial charge in [-0.3, -0.25) is 0 Å². The second-order valence-electron chi connectivity index (χ2n) is 9.38. The van der Waals surface area contributed by atoms with Gasteiger partial charge >= 0.3 is 5.97 Å². The Morgan fingerprint density at radius 2 is 1.69 bits per heavy atom. The van der Waals surface area contributed by atoms with Gasteiger partial charge < -0.3 is 19.5 Å². The SMILES string of the molecule is COCCOCCOC(=O)c1ccc([C@H]2CCC[C@H](N[C@H](C)c3cccc4ccccc34)C2)cc1.Cl. The predicted octanol–water partition coefficient (Wildman–Crippen LogP) is 6.46. The minimum absolute atomic E-state index is 0.